The summed E-state index contributed by atoms with van der Waals surface area (Å²) in [4.78, 5) is 0. The lowest BCUT2D eigenvalue weighted by atomic mass is 9.60. The summed E-state index contributed by atoms with van der Waals surface area (Å²) < 4.78 is 0. The topological polar surface area (TPSA) is 0 Å². The summed E-state index contributed by atoms with van der Waals surface area (Å²) >= 11 is 0. The van der Waals surface area contributed by atoms with Crippen LogP contribution in [0.5, 0.6) is 0 Å². The van der Waals surface area contributed by atoms with Gasteiger partial charge in [0.1, 0.15) is 0 Å². The number of rotatable bonds is 0. The van der Waals surface area contributed by atoms with Gasteiger partial charge >= 0.3 is 0 Å². The van der Waals surface area contributed by atoms with E-state index in [4.69, 9.17) is 0 Å². The van der Waals surface area contributed by atoms with Gasteiger partial charge in [-0.25, -0.2) is 0 Å². The van der Waals surface area contributed by atoms with E-state index < -0.39 is 0 Å². The smallest absolute Gasteiger partial charge is 0.0779 e. The predicted molar refractivity (Wildman–Crippen MR) is 78.1 cm³/mol. The highest BCUT2D eigenvalue weighted by Gasteiger charge is 2.45. The van der Waals surface area contributed by atoms with E-state index in [1.165, 1.54) is 33.8 Å². The molecule has 0 nitrogen and oxygen atoms in total. The maximum absolute atomic E-state index is 2.36. The lowest BCUT2D eigenvalue weighted by molar-refractivity contribution is 0.745. The van der Waals surface area contributed by atoms with E-state index in [9.17, 15) is 0 Å². The average molecular weight is 241 g/mol. The summed E-state index contributed by atoms with van der Waals surface area (Å²) in [7, 11) is 0. The molecular formula is C19H13+. The molecule has 5 aliphatic carbocycles. The molecule has 5 rings (SSSR count). The summed E-state index contributed by atoms with van der Waals surface area (Å²) in [6, 6.07) is 0. The first kappa shape index (κ1) is 9.69. The third-order valence-electron chi connectivity index (χ3n) is 4.62. The Bertz CT molecular complexity index is 739. The van der Waals surface area contributed by atoms with Gasteiger partial charge in [-0.2, -0.15) is 0 Å². The van der Waals surface area contributed by atoms with Gasteiger partial charge in [-0.05, 0) is 29.2 Å². The molecule has 0 aromatic heterocycles. The molecule has 0 amide bonds. The Balaban J connectivity index is 1.87. The van der Waals surface area contributed by atoms with Crippen LogP contribution in [0.4, 0.5) is 0 Å². The van der Waals surface area contributed by atoms with Crippen LogP contribution in [-0.2, 0) is 0 Å². The molecule has 19 heavy (non-hydrogen) atoms. The molecule has 5 aliphatic rings. The van der Waals surface area contributed by atoms with Crippen molar-refractivity contribution in [1.82, 2.24) is 0 Å². The minimum absolute atomic E-state index is 0.473. The van der Waals surface area contributed by atoms with Crippen LogP contribution in [0.1, 0.15) is 6.42 Å². The van der Waals surface area contributed by atoms with Crippen molar-refractivity contribution in [2.45, 2.75) is 6.42 Å². The summed E-state index contributed by atoms with van der Waals surface area (Å²) in [5.74, 6) is 1.98. The fourth-order valence-corrected chi connectivity index (χ4v) is 3.82. The predicted octanol–water partition coefficient (Wildman–Crippen LogP) is 4.31. The molecule has 0 aromatic carbocycles. The lowest BCUT2D eigenvalue weighted by Gasteiger charge is -2.38. The molecule has 0 heterocycles. The third kappa shape index (κ3) is 1.12. The first-order valence-electron chi connectivity index (χ1n) is 6.89. The molecular weight excluding hydrogens is 228 g/mol. The Labute approximate surface area is 113 Å². The quantitative estimate of drug-likeness (QED) is 0.554. The van der Waals surface area contributed by atoms with Crippen LogP contribution in [-0.4, -0.2) is 0 Å². The second-order valence-electron chi connectivity index (χ2n) is 5.59. The van der Waals surface area contributed by atoms with E-state index in [1.807, 2.05) is 0 Å². The molecule has 1 unspecified atom stereocenters. The maximum Gasteiger partial charge on any atom is 0.0779 e. The van der Waals surface area contributed by atoms with Crippen molar-refractivity contribution in [2.75, 3.05) is 0 Å². The van der Waals surface area contributed by atoms with Crippen LogP contribution in [0.2, 0.25) is 0 Å². The highest BCUT2D eigenvalue weighted by atomic mass is 14.4. The van der Waals surface area contributed by atoms with Gasteiger partial charge in [-0.15, -0.1) is 0 Å². The van der Waals surface area contributed by atoms with Crippen LogP contribution in [0.25, 0.3) is 0 Å². The van der Waals surface area contributed by atoms with E-state index in [2.05, 4.69) is 60.8 Å². The molecule has 1 atom stereocenters. The molecule has 0 spiro atoms. The van der Waals surface area contributed by atoms with Crippen LogP contribution in [0, 0.1) is 11.8 Å². The molecule has 0 aromatic rings. The first-order valence-corrected chi connectivity index (χ1v) is 6.89. The Hall–Kier alpha value is -2.21. The van der Waals surface area contributed by atoms with Gasteiger partial charge in [0.25, 0.3) is 0 Å². The van der Waals surface area contributed by atoms with E-state index in [-0.39, 0.29) is 0 Å². The Morgan fingerprint density at radius 3 is 2.95 bits per heavy atom. The highest BCUT2D eigenvalue weighted by molar-refractivity contribution is 5.75. The largest absolute Gasteiger partial charge is 0.0788 e. The molecule has 0 saturated carbocycles. The number of hydrogen-bond donors (Lipinski definition) is 0. The van der Waals surface area contributed by atoms with Crippen molar-refractivity contribution in [3.8, 4) is 0 Å². The molecule has 0 saturated heterocycles. The molecule has 0 heteroatoms. The zero-order valence-corrected chi connectivity index (χ0v) is 10.6. The highest BCUT2D eigenvalue weighted by Crippen LogP contribution is 2.54. The van der Waals surface area contributed by atoms with Crippen LogP contribution >= 0.6 is 0 Å². The number of hydrogen-bond acceptors (Lipinski definition) is 0. The Morgan fingerprint density at radius 1 is 0.947 bits per heavy atom. The normalized spacial score (nSPS) is 28.6. The number of allylic oxidation sites excluding steroid dienone is 16. The zero-order valence-electron chi connectivity index (χ0n) is 10.6. The van der Waals surface area contributed by atoms with Crippen LogP contribution < -0.4 is 0 Å². The van der Waals surface area contributed by atoms with E-state index in [0.29, 0.717) is 5.92 Å². The van der Waals surface area contributed by atoms with Gasteiger partial charge in [0.15, 0.2) is 0 Å². The molecule has 88 valence electrons. The molecule has 0 bridgehead atoms. The summed E-state index contributed by atoms with van der Waals surface area (Å²) in [5.41, 5.74) is 8.68. The van der Waals surface area contributed by atoms with Crippen molar-refractivity contribution >= 4 is 0 Å². The zero-order chi connectivity index (χ0) is 12.4. The van der Waals surface area contributed by atoms with Crippen molar-refractivity contribution in [3.05, 3.63) is 100 Å². The van der Waals surface area contributed by atoms with Gasteiger partial charge in [-0.3, -0.25) is 0 Å². The van der Waals surface area contributed by atoms with Gasteiger partial charge in [0.05, 0.1) is 23.0 Å². The van der Waals surface area contributed by atoms with Gasteiger partial charge in [0, 0.05) is 36.0 Å². The second kappa shape index (κ2) is 3.21. The molecule has 0 radical (unpaired) electrons. The van der Waals surface area contributed by atoms with Crippen LogP contribution in [0.3, 0.4) is 0 Å². The standard InChI is InChI=1S/C19H13/c1-3-12-7-9-14-10-8-13-4-2-6-16-11-15(5-1)17(12)19(14)18(13)16/h1-3,5-11,19H,4H2/q+1. The van der Waals surface area contributed by atoms with Crippen LogP contribution in [0.15, 0.2) is 94.2 Å². The summed E-state index contributed by atoms with van der Waals surface area (Å²) in [6.45, 7) is 0. The van der Waals surface area contributed by atoms with E-state index in [1.54, 1.807) is 5.57 Å². The fourth-order valence-electron chi connectivity index (χ4n) is 3.82. The van der Waals surface area contributed by atoms with Crippen molar-refractivity contribution in [2.24, 2.45) is 5.92 Å². The molecule has 0 N–H and O–H groups in total. The Kier molecular flexibility index (Phi) is 1.64. The van der Waals surface area contributed by atoms with Crippen molar-refractivity contribution in [1.29, 1.82) is 0 Å². The van der Waals surface area contributed by atoms with Crippen molar-refractivity contribution < 1.29 is 0 Å². The SMILES string of the molecule is C1=CC2=CC=C3C=CC4=C5C(=CC(=C1)[C+]2C35)C=CC4. The maximum atomic E-state index is 2.36. The average Bonchev–Trinajstić information content (AvgIpc) is 2.47. The third-order valence-corrected chi connectivity index (χ3v) is 4.62. The fraction of sp³-hybridized carbons (Fsp3) is 0.105. The minimum atomic E-state index is 0.473. The van der Waals surface area contributed by atoms with Gasteiger partial charge < -0.3 is 0 Å². The Morgan fingerprint density at radius 2 is 1.95 bits per heavy atom. The molecule has 0 aliphatic heterocycles. The van der Waals surface area contributed by atoms with Crippen molar-refractivity contribution in [3.63, 3.8) is 0 Å². The second-order valence-corrected chi connectivity index (χ2v) is 5.59. The minimum Gasteiger partial charge on any atom is -0.0788 e. The van der Waals surface area contributed by atoms with Gasteiger partial charge in [0.2, 0.25) is 0 Å². The van der Waals surface area contributed by atoms with E-state index in [0.717, 1.165) is 6.42 Å². The summed E-state index contributed by atoms with van der Waals surface area (Å²) in [5, 5.41) is 0. The van der Waals surface area contributed by atoms with E-state index >= 15 is 0 Å². The lowest BCUT2D eigenvalue weighted by Crippen LogP contribution is -2.30. The summed E-state index contributed by atoms with van der Waals surface area (Å²) in [6.07, 6.45) is 23.8. The first-order chi connectivity index (χ1) is 9.42. The monoisotopic (exact) mass is 241 g/mol. The molecule has 0 fully saturated rings. The van der Waals surface area contributed by atoms with Gasteiger partial charge in [-0.1, -0.05) is 24.3 Å².